The van der Waals surface area contributed by atoms with Gasteiger partial charge in [-0.05, 0) is 18.9 Å². The van der Waals surface area contributed by atoms with Gasteiger partial charge in [0.2, 0.25) is 11.8 Å². The molecule has 2 amide bonds. The average Bonchev–Trinajstić information content (AvgIpc) is 3.54. The van der Waals surface area contributed by atoms with Crippen molar-refractivity contribution in [1.29, 1.82) is 0 Å². The zero-order valence-electron chi connectivity index (χ0n) is 18.0. The highest BCUT2D eigenvalue weighted by molar-refractivity contribution is 5.91. The zero-order chi connectivity index (χ0) is 22.7. The molecule has 32 heavy (non-hydrogen) atoms. The van der Waals surface area contributed by atoms with E-state index in [1.165, 1.54) is 11.3 Å². The maximum atomic E-state index is 13.2. The smallest absolute Gasteiger partial charge is 0.243 e. The molecule has 1 aliphatic heterocycles. The molecule has 3 aromatic rings. The van der Waals surface area contributed by atoms with E-state index in [1.54, 1.807) is 19.2 Å². The largest absolute Gasteiger partial charge is 0.444 e. The van der Waals surface area contributed by atoms with Gasteiger partial charge in [-0.3, -0.25) is 9.59 Å². The van der Waals surface area contributed by atoms with Crippen molar-refractivity contribution in [3.05, 3.63) is 59.9 Å². The van der Waals surface area contributed by atoms with Crippen molar-refractivity contribution in [3.63, 3.8) is 0 Å². The molecule has 4 rings (SSSR count). The van der Waals surface area contributed by atoms with Crippen LogP contribution in [0.1, 0.15) is 42.7 Å². The number of β-amino-alcohol motifs (C(OH)–C–C–N with tert-alkyl or cyclic N) is 1. The molecule has 0 unspecified atom stereocenters. The number of carbonyl (C=O) groups excluding carboxylic acids is 2. The standard InChI is InChI=1S/C23H26N4O5/c1-3-18(20-8-14(2)26-32-20)23(30)27-12-17(28)9-19(27)22(29)25-10-15-4-6-16(7-5-15)21-11-24-13-31-21/h4-8,11,13,17-19,28H,3,9-10,12H2,1-2H3,(H,25,29)/t17-,18-,19+/m1/s1. The van der Waals surface area contributed by atoms with Gasteiger partial charge in [0.05, 0.1) is 23.9 Å². The number of carbonyl (C=O) groups is 2. The minimum Gasteiger partial charge on any atom is -0.444 e. The first kappa shape index (κ1) is 21.8. The van der Waals surface area contributed by atoms with Crippen molar-refractivity contribution in [3.8, 4) is 11.3 Å². The highest BCUT2D eigenvalue weighted by Crippen LogP contribution is 2.28. The molecule has 1 aromatic carbocycles. The molecule has 9 nitrogen and oxygen atoms in total. The maximum absolute atomic E-state index is 13.2. The molecule has 1 saturated heterocycles. The van der Waals surface area contributed by atoms with Gasteiger partial charge in [-0.1, -0.05) is 36.3 Å². The van der Waals surface area contributed by atoms with E-state index in [2.05, 4.69) is 15.5 Å². The molecule has 3 atom stereocenters. The van der Waals surface area contributed by atoms with Gasteiger partial charge in [0.1, 0.15) is 11.8 Å². The van der Waals surface area contributed by atoms with Gasteiger partial charge in [-0.25, -0.2) is 4.98 Å². The summed E-state index contributed by atoms with van der Waals surface area (Å²) in [4.78, 5) is 31.5. The van der Waals surface area contributed by atoms with Crippen LogP contribution in [0.4, 0.5) is 0 Å². The molecular formula is C23H26N4O5. The molecule has 0 spiro atoms. The number of amides is 2. The quantitative estimate of drug-likeness (QED) is 0.581. The van der Waals surface area contributed by atoms with Crippen LogP contribution >= 0.6 is 0 Å². The molecule has 0 radical (unpaired) electrons. The SMILES string of the molecule is CC[C@@H](C(=O)N1C[C@H](O)C[C@H]1C(=O)NCc1ccc(-c2cnco2)cc1)c1cc(C)no1. The molecule has 1 aliphatic rings. The fraction of sp³-hybridized carbons (Fsp3) is 0.391. The summed E-state index contributed by atoms with van der Waals surface area (Å²) in [5, 5.41) is 16.9. The van der Waals surface area contributed by atoms with Gasteiger partial charge in [-0.2, -0.15) is 0 Å². The molecule has 168 valence electrons. The molecule has 3 heterocycles. The van der Waals surface area contributed by atoms with Crippen molar-refractivity contribution in [2.45, 2.75) is 51.3 Å². The predicted molar refractivity (Wildman–Crippen MR) is 114 cm³/mol. The summed E-state index contributed by atoms with van der Waals surface area (Å²) in [6.07, 6.45) is 2.97. The molecule has 2 aromatic heterocycles. The second-order valence-corrected chi connectivity index (χ2v) is 8.01. The third kappa shape index (κ3) is 4.57. The zero-order valence-corrected chi connectivity index (χ0v) is 18.0. The Labute approximate surface area is 185 Å². The monoisotopic (exact) mass is 438 g/mol. The molecule has 0 bridgehead atoms. The highest BCUT2D eigenvalue weighted by atomic mass is 16.5. The van der Waals surface area contributed by atoms with E-state index in [0.717, 1.165) is 11.1 Å². The lowest BCUT2D eigenvalue weighted by atomic mass is 10.0. The van der Waals surface area contributed by atoms with Crippen LogP contribution in [0.3, 0.4) is 0 Å². The summed E-state index contributed by atoms with van der Waals surface area (Å²) in [5.74, 6) is 0.0690. The van der Waals surface area contributed by atoms with Gasteiger partial charge in [0.15, 0.2) is 12.2 Å². The van der Waals surface area contributed by atoms with Crippen molar-refractivity contribution >= 4 is 11.8 Å². The Kier molecular flexibility index (Phi) is 6.36. The summed E-state index contributed by atoms with van der Waals surface area (Å²) < 4.78 is 10.6. The van der Waals surface area contributed by atoms with Gasteiger partial charge in [0.25, 0.3) is 0 Å². The molecule has 0 saturated carbocycles. The van der Waals surface area contributed by atoms with Gasteiger partial charge in [0, 0.05) is 31.1 Å². The Morgan fingerprint density at radius 2 is 2.09 bits per heavy atom. The number of oxazole rings is 1. The van der Waals surface area contributed by atoms with Crippen molar-refractivity contribution in [1.82, 2.24) is 20.4 Å². The van der Waals surface area contributed by atoms with Gasteiger partial charge >= 0.3 is 0 Å². The first-order chi connectivity index (χ1) is 15.5. The van der Waals surface area contributed by atoms with Crippen LogP contribution in [-0.2, 0) is 16.1 Å². The number of aromatic nitrogens is 2. The maximum Gasteiger partial charge on any atom is 0.243 e. The van der Waals surface area contributed by atoms with Crippen LogP contribution in [-0.4, -0.2) is 50.7 Å². The number of aliphatic hydroxyl groups excluding tert-OH is 1. The first-order valence-corrected chi connectivity index (χ1v) is 10.6. The minimum atomic E-state index is -0.746. The lowest BCUT2D eigenvalue weighted by Crippen LogP contribution is -2.47. The summed E-state index contributed by atoms with van der Waals surface area (Å²) >= 11 is 0. The van der Waals surface area contributed by atoms with Crippen LogP contribution in [0.15, 0.2) is 51.9 Å². The van der Waals surface area contributed by atoms with Gasteiger partial charge < -0.3 is 24.3 Å². The van der Waals surface area contributed by atoms with Gasteiger partial charge in [-0.15, -0.1) is 0 Å². The lowest BCUT2D eigenvalue weighted by Gasteiger charge is -2.26. The highest BCUT2D eigenvalue weighted by Gasteiger charge is 2.41. The summed E-state index contributed by atoms with van der Waals surface area (Å²) in [6, 6.07) is 8.57. The number of likely N-dealkylation sites (tertiary alicyclic amines) is 1. The molecule has 1 fully saturated rings. The Hall–Kier alpha value is -3.46. The van der Waals surface area contributed by atoms with Crippen molar-refractivity contribution in [2.24, 2.45) is 0 Å². The molecule has 0 aliphatic carbocycles. The van der Waals surface area contributed by atoms with Crippen LogP contribution in [0.25, 0.3) is 11.3 Å². The molecular weight excluding hydrogens is 412 g/mol. The van der Waals surface area contributed by atoms with E-state index >= 15 is 0 Å². The van der Waals surface area contributed by atoms with Crippen LogP contribution in [0, 0.1) is 6.92 Å². The number of aliphatic hydroxyl groups is 1. The van der Waals surface area contributed by atoms with E-state index in [4.69, 9.17) is 8.94 Å². The second-order valence-electron chi connectivity index (χ2n) is 8.01. The molecule has 2 N–H and O–H groups in total. The summed E-state index contributed by atoms with van der Waals surface area (Å²) in [6.45, 7) is 4.09. The van der Waals surface area contributed by atoms with Crippen molar-refractivity contribution in [2.75, 3.05) is 6.54 Å². The third-order valence-corrected chi connectivity index (χ3v) is 5.70. The molecule has 9 heteroatoms. The van der Waals surface area contributed by atoms with Crippen LogP contribution in [0.2, 0.25) is 0 Å². The summed E-state index contributed by atoms with van der Waals surface area (Å²) in [7, 11) is 0. The topological polar surface area (TPSA) is 122 Å². The van der Waals surface area contributed by atoms with E-state index in [1.807, 2.05) is 31.2 Å². The Balaban J connectivity index is 1.41. The average molecular weight is 438 g/mol. The van der Waals surface area contributed by atoms with Crippen molar-refractivity contribution < 1.29 is 23.6 Å². The summed E-state index contributed by atoms with van der Waals surface area (Å²) in [5.41, 5.74) is 2.49. The number of benzene rings is 1. The fourth-order valence-electron chi connectivity index (χ4n) is 4.00. The minimum absolute atomic E-state index is 0.117. The lowest BCUT2D eigenvalue weighted by molar-refractivity contribution is -0.140. The number of hydrogen-bond acceptors (Lipinski definition) is 7. The number of aryl methyl sites for hydroxylation is 1. The van der Waals surface area contributed by atoms with E-state index in [-0.39, 0.29) is 24.8 Å². The van der Waals surface area contributed by atoms with E-state index in [9.17, 15) is 14.7 Å². The Bertz CT molecular complexity index is 1060. The number of nitrogens with zero attached hydrogens (tertiary/aromatic N) is 3. The van der Waals surface area contributed by atoms with Crippen LogP contribution < -0.4 is 5.32 Å². The number of nitrogens with one attached hydrogen (secondary N) is 1. The van der Waals surface area contributed by atoms with E-state index in [0.29, 0.717) is 30.2 Å². The predicted octanol–water partition coefficient (Wildman–Crippen LogP) is 2.41. The second kappa shape index (κ2) is 9.35. The van der Waals surface area contributed by atoms with E-state index < -0.39 is 18.1 Å². The number of rotatable bonds is 7. The number of hydrogen-bond donors (Lipinski definition) is 2. The Morgan fingerprint density at radius 1 is 1.31 bits per heavy atom. The third-order valence-electron chi connectivity index (χ3n) is 5.70. The Morgan fingerprint density at radius 3 is 2.72 bits per heavy atom. The normalized spacial score (nSPS) is 19.2. The van der Waals surface area contributed by atoms with Crippen LogP contribution in [0.5, 0.6) is 0 Å². The fourth-order valence-corrected chi connectivity index (χ4v) is 4.00. The first-order valence-electron chi connectivity index (χ1n) is 10.6.